The van der Waals surface area contributed by atoms with Gasteiger partial charge in [-0.2, -0.15) is 13.2 Å². The molecule has 0 spiro atoms. The van der Waals surface area contributed by atoms with E-state index in [1.165, 1.54) is 4.90 Å². The molecule has 0 aromatic carbocycles. The second-order valence-corrected chi connectivity index (χ2v) is 7.98. The van der Waals surface area contributed by atoms with E-state index in [9.17, 15) is 13.2 Å². The number of rotatable bonds is 7. The van der Waals surface area contributed by atoms with Crippen molar-refractivity contribution in [3.63, 3.8) is 0 Å². The minimum Gasteiger partial charge on any atom is -0.379 e. The molecule has 28 heavy (non-hydrogen) atoms. The Balaban J connectivity index is 1.80. The zero-order chi connectivity index (χ0) is 20.7. The van der Waals surface area contributed by atoms with Gasteiger partial charge < -0.3 is 15.0 Å². The first-order valence-electron chi connectivity index (χ1n) is 10.3. The Morgan fingerprint density at radius 1 is 1.36 bits per heavy atom. The van der Waals surface area contributed by atoms with Crippen LogP contribution < -0.4 is 5.32 Å². The first-order valence-corrected chi connectivity index (χ1v) is 10.3. The minimum absolute atomic E-state index is 0.234. The molecule has 0 aromatic rings. The predicted octanol–water partition coefficient (Wildman–Crippen LogP) is 1.88. The van der Waals surface area contributed by atoms with Gasteiger partial charge in [-0.15, -0.1) is 0 Å². The molecule has 6 nitrogen and oxygen atoms in total. The average molecular weight is 408 g/mol. The maximum absolute atomic E-state index is 12.7. The normalized spacial score (nSPS) is 26.1. The molecular formula is C19H36F3N5O. The molecule has 0 amide bonds. The maximum Gasteiger partial charge on any atom is 0.401 e. The summed E-state index contributed by atoms with van der Waals surface area (Å²) >= 11 is 0. The third kappa shape index (κ3) is 7.08. The summed E-state index contributed by atoms with van der Waals surface area (Å²) < 4.78 is 43.6. The Morgan fingerprint density at radius 3 is 2.71 bits per heavy atom. The molecule has 0 aliphatic carbocycles. The summed E-state index contributed by atoms with van der Waals surface area (Å²) in [5, 5.41) is 3.45. The van der Waals surface area contributed by atoms with Crippen molar-refractivity contribution in [1.82, 2.24) is 20.0 Å². The number of hydrogen-bond donors (Lipinski definition) is 1. The lowest BCUT2D eigenvalue weighted by atomic mass is 10.1. The number of likely N-dealkylation sites (tertiary alicyclic amines) is 1. The maximum atomic E-state index is 12.7. The number of alkyl halides is 3. The van der Waals surface area contributed by atoms with Gasteiger partial charge in [-0.05, 0) is 32.7 Å². The van der Waals surface area contributed by atoms with E-state index in [1.807, 2.05) is 0 Å². The molecular weight excluding hydrogens is 371 g/mol. The van der Waals surface area contributed by atoms with Crippen LogP contribution in [0.15, 0.2) is 4.99 Å². The third-order valence-corrected chi connectivity index (χ3v) is 5.70. The summed E-state index contributed by atoms with van der Waals surface area (Å²) in [6.45, 7) is 11.0. The number of nitrogens with one attached hydrogen (secondary N) is 1. The molecule has 2 fully saturated rings. The first kappa shape index (κ1) is 23.2. The van der Waals surface area contributed by atoms with E-state index in [0.717, 1.165) is 51.8 Å². The number of halogens is 3. The number of nitrogens with zero attached hydrogens (tertiary/aromatic N) is 4. The zero-order valence-electron chi connectivity index (χ0n) is 17.6. The Labute approximate surface area is 167 Å². The van der Waals surface area contributed by atoms with Gasteiger partial charge in [-0.25, -0.2) is 0 Å². The molecule has 2 aliphatic heterocycles. The summed E-state index contributed by atoms with van der Waals surface area (Å²) in [5.74, 6) is 1.08. The molecule has 2 aliphatic rings. The Hall–Kier alpha value is -1.06. The molecule has 2 rings (SSSR count). The highest BCUT2D eigenvalue weighted by Crippen LogP contribution is 2.21. The van der Waals surface area contributed by atoms with Crippen LogP contribution in [0.1, 0.15) is 27.2 Å². The van der Waals surface area contributed by atoms with Gasteiger partial charge in [0.15, 0.2) is 5.96 Å². The fourth-order valence-electron chi connectivity index (χ4n) is 4.18. The SMILES string of the molecule is CCN(CC1CCN(C(=NC)NCC(C)N2CCOCC2C)C1)CC(F)(F)F. The second kappa shape index (κ2) is 10.6. The number of ether oxygens (including phenoxy) is 1. The highest BCUT2D eigenvalue weighted by molar-refractivity contribution is 5.80. The highest BCUT2D eigenvalue weighted by atomic mass is 19.4. The van der Waals surface area contributed by atoms with Gasteiger partial charge in [0.1, 0.15) is 0 Å². The topological polar surface area (TPSA) is 43.3 Å². The largest absolute Gasteiger partial charge is 0.401 e. The molecule has 2 heterocycles. The summed E-state index contributed by atoms with van der Waals surface area (Å²) in [5.41, 5.74) is 0. The van der Waals surface area contributed by atoms with Crippen LogP contribution in [-0.4, -0.2) is 105 Å². The molecule has 0 saturated carbocycles. The van der Waals surface area contributed by atoms with Gasteiger partial charge >= 0.3 is 6.18 Å². The quantitative estimate of drug-likeness (QED) is 0.516. The molecule has 0 radical (unpaired) electrons. The van der Waals surface area contributed by atoms with Gasteiger partial charge in [0.25, 0.3) is 0 Å². The van der Waals surface area contributed by atoms with Crippen molar-refractivity contribution >= 4 is 5.96 Å². The van der Waals surface area contributed by atoms with Crippen molar-refractivity contribution in [2.45, 2.75) is 45.5 Å². The standard InChI is InChI=1S/C19H36F3N5O/c1-5-25(14-19(20,21)22)11-17-6-7-26(12-17)18(23-4)24-10-15(2)27-8-9-28-13-16(27)3/h15-17H,5-14H2,1-4H3,(H,23,24). The third-order valence-electron chi connectivity index (χ3n) is 5.70. The Kier molecular flexibility index (Phi) is 8.82. The van der Waals surface area contributed by atoms with Crippen molar-refractivity contribution in [2.75, 3.05) is 66.1 Å². The van der Waals surface area contributed by atoms with Crippen LogP contribution in [0.25, 0.3) is 0 Å². The van der Waals surface area contributed by atoms with Crippen molar-refractivity contribution in [3.05, 3.63) is 0 Å². The van der Waals surface area contributed by atoms with Crippen LogP contribution in [0.4, 0.5) is 13.2 Å². The van der Waals surface area contributed by atoms with Gasteiger partial charge in [0.05, 0.1) is 19.8 Å². The zero-order valence-corrected chi connectivity index (χ0v) is 17.6. The van der Waals surface area contributed by atoms with Crippen molar-refractivity contribution < 1.29 is 17.9 Å². The van der Waals surface area contributed by atoms with Crippen LogP contribution >= 0.6 is 0 Å². The van der Waals surface area contributed by atoms with E-state index < -0.39 is 12.7 Å². The lowest BCUT2D eigenvalue weighted by molar-refractivity contribution is -0.146. The van der Waals surface area contributed by atoms with Crippen LogP contribution in [0, 0.1) is 5.92 Å². The lowest BCUT2D eigenvalue weighted by Gasteiger charge is -2.38. The van der Waals surface area contributed by atoms with Gasteiger partial charge in [-0.3, -0.25) is 14.8 Å². The first-order chi connectivity index (χ1) is 13.2. The summed E-state index contributed by atoms with van der Waals surface area (Å²) in [4.78, 5) is 10.5. The van der Waals surface area contributed by atoms with Gasteiger partial charge in [-0.1, -0.05) is 6.92 Å². The fourth-order valence-corrected chi connectivity index (χ4v) is 4.18. The lowest BCUT2D eigenvalue weighted by Crippen LogP contribution is -2.53. The van der Waals surface area contributed by atoms with Gasteiger partial charge in [0, 0.05) is 51.9 Å². The number of guanidine groups is 1. The molecule has 1 N–H and O–H groups in total. The van der Waals surface area contributed by atoms with E-state index in [0.29, 0.717) is 25.2 Å². The van der Waals surface area contributed by atoms with Crippen LogP contribution in [-0.2, 0) is 4.74 Å². The number of morpholine rings is 1. The Morgan fingerprint density at radius 2 is 2.11 bits per heavy atom. The van der Waals surface area contributed by atoms with Crippen LogP contribution in [0.3, 0.4) is 0 Å². The summed E-state index contributed by atoms with van der Waals surface area (Å²) in [6, 6.07) is 0.758. The van der Waals surface area contributed by atoms with E-state index in [2.05, 4.69) is 34.0 Å². The summed E-state index contributed by atoms with van der Waals surface area (Å²) in [6.07, 6.45) is -3.25. The average Bonchev–Trinajstić information content (AvgIpc) is 3.09. The fraction of sp³-hybridized carbons (Fsp3) is 0.947. The molecule has 3 unspecified atom stereocenters. The van der Waals surface area contributed by atoms with E-state index in [-0.39, 0.29) is 5.92 Å². The smallest absolute Gasteiger partial charge is 0.379 e. The monoisotopic (exact) mass is 407 g/mol. The minimum atomic E-state index is -4.14. The molecule has 2 saturated heterocycles. The molecule has 0 bridgehead atoms. The number of aliphatic imine (C=N–C) groups is 1. The van der Waals surface area contributed by atoms with Crippen LogP contribution in [0.2, 0.25) is 0 Å². The van der Waals surface area contributed by atoms with Crippen molar-refractivity contribution in [1.29, 1.82) is 0 Å². The van der Waals surface area contributed by atoms with Gasteiger partial charge in [0.2, 0.25) is 0 Å². The van der Waals surface area contributed by atoms with E-state index >= 15 is 0 Å². The van der Waals surface area contributed by atoms with Crippen molar-refractivity contribution in [3.8, 4) is 0 Å². The Bertz CT molecular complexity index is 502. The van der Waals surface area contributed by atoms with E-state index in [1.54, 1.807) is 14.0 Å². The highest BCUT2D eigenvalue weighted by Gasteiger charge is 2.33. The summed E-state index contributed by atoms with van der Waals surface area (Å²) in [7, 11) is 1.76. The van der Waals surface area contributed by atoms with Crippen LogP contribution in [0.5, 0.6) is 0 Å². The molecule has 164 valence electrons. The molecule has 3 atom stereocenters. The number of hydrogen-bond acceptors (Lipinski definition) is 4. The van der Waals surface area contributed by atoms with E-state index in [4.69, 9.17) is 4.74 Å². The van der Waals surface area contributed by atoms with Crippen molar-refractivity contribution in [2.24, 2.45) is 10.9 Å². The second-order valence-electron chi connectivity index (χ2n) is 7.98. The predicted molar refractivity (Wildman–Crippen MR) is 106 cm³/mol. The molecule has 9 heteroatoms. The molecule has 0 aromatic heterocycles.